The second-order valence-electron chi connectivity index (χ2n) is 7.52. The molecule has 170 valence electrons. The number of aryl methyl sites for hydroxylation is 1. The zero-order chi connectivity index (χ0) is 23.4. The number of hydrogen-bond donors (Lipinski definition) is 2. The fourth-order valence-corrected chi connectivity index (χ4v) is 3.20. The van der Waals surface area contributed by atoms with Crippen LogP contribution in [0.25, 0.3) is 0 Å². The van der Waals surface area contributed by atoms with Crippen molar-refractivity contribution in [2.75, 3.05) is 26.1 Å². The third-order valence-electron chi connectivity index (χ3n) is 5.21. The zero-order valence-electron chi connectivity index (χ0n) is 18.3. The maximum absolute atomic E-state index is 12.7. The Balaban J connectivity index is 1.71. The van der Waals surface area contributed by atoms with Crippen molar-refractivity contribution >= 4 is 29.4 Å². The Morgan fingerprint density at radius 2 is 1.78 bits per heavy atom. The van der Waals surface area contributed by atoms with E-state index >= 15 is 0 Å². The minimum absolute atomic E-state index is 0.00846. The number of rotatable bonds is 8. The molecule has 0 radical (unpaired) electrons. The van der Waals surface area contributed by atoms with Crippen LogP contribution in [0.5, 0.6) is 11.5 Å². The number of amides is 3. The minimum Gasteiger partial charge on any atom is -0.493 e. The van der Waals surface area contributed by atoms with E-state index < -0.39 is 24.4 Å². The zero-order valence-corrected chi connectivity index (χ0v) is 18.3. The Hall–Kier alpha value is -3.82. The van der Waals surface area contributed by atoms with Crippen molar-refractivity contribution in [3.63, 3.8) is 0 Å². The lowest BCUT2D eigenvalue weighted by Gasteiger charge is -2.15. The van der Waals surface area contributed by atoms with Gasteiger partial charge in [-0.2, -0.15) is 0 Å². The Morgan fingerprint density at radius 3 is 2.34 bits per heavy atom. The van der Waals surface area contributed by atoms with Crippen LogP contribution in [-0.2, 0) is 21.4 Å². The van der Waals surface area contributed by atoms with E-state index in [0.717, 1.165) is 6.42 Å². The van der Waals surface area contributed by atoms with Gasteiger partial charge in [-0.3, -0.25) is 19.7 Å². The number of hydrogen-bond acceptors (Lipinski definition) is 7. The molecule has 3 rings (SSSR count). The molecule has 1 aliphatic carbocycles. The average Bonchev–Trinajstić information content (AvgIpc) is 3.35. The Bertz CT molecular complexity index is 1060. The largest absolute Gasteiger partial charge is 0.493 e. The maximum Gasteiger partial charge on any atom is 0.340 e. The number of anilines is 1. The molecule has 10 heteroatoms. The van der Waals surface area contributed by atoms with E-state index in [1.54, 1.807) is 29.9 Å². The number of ether oxygens (including phenoxy) is 3. The average molecular weight is 443 g/mol. The monoisotopic (exact) mass is 443 g/mol. The van der Waals surface area contributed by atoms with Crippen LogP contribution >= 0.6 is 0 Å². The van der Waals surface area contributed by atoms with E-state index in [9.17, 15) is 19.2 Å². The number of carbonyl (C=O) groups excluding carboxylic acids is 4. The Morgan fingerprint density at radius 1 is 1.12 bits per heavy atom. The number of aromatic nitrogens is 1. The molecule has 3 amide bonds. The SMILES string of the molecule is COc1cc(NC(=O)C2CC2C)c(C(=O)OCC(=O)NC(=O)c2cccn2C)cc1OC. The molecule has 2 N–H and O–H groups in total. The molecule has 0 aliphatic heterocycles. The van der Waals surface area contributed by atoms with Crippen molar-refractivity contribution in [2.24, 2.45) is 18.9 Å². The van der Waals surface area contributed by atoms with Crippen LogP contribution in [0.3, 0.4) is 0 Å². The van der Waals surface area contributed by atoms with Gasteiger partial charge in [0.15, 0.2) is 18.1 Å². The van der Waals surface area contributed by atoms with Crippen LogP contribution in [0.1, 0.15) is 34.2 Å². The number of methoxy groups -OCH3 is 2. The first-order valence-corrected chi connectivity index (χ1v) is 9.94. The number of carbonyl (C=O) groups is 4. The third-order valence-corrected chi connectivity index (χ3v) is 5.21. The predicted molar refractivity (Wildman–Crippen MR) is 114 cm³/mol. The first kappa shape index (κ1) is 22.9. The summed E-state index contributed by atoms with van der Waals surface area (Å²) in [6, 6.07) is 6.03. The van der Waals surface area contributed by atoms with Crippen LogP contribution in [0.15, 0.2) is 30.5 Å². The van der Waals surface area contributed by atoms with Crippen LogP contribution < -0.4 is 20.1 Å². The summed E-state index contributed by atoms with van der Waals surface area (Å²) < 4.78 is 17.1. The molecule has 10 nitrogen and oxygen atoms in total. The van der Waals surface area contributed by atoms with Crippen molar-refractivity contribution < 1.29 is 33.4 Å². The molecule has 1 fully saturated rings. The molecule has 2 unspecified atom stereocenters. The van der Waals surface area contributed by atoms with Gasteiger partial charge in [-0.15, -0.1) is 0 Å². The Kier molecular flexibility index (Phi) is 6.82. The first-order chi connectivity index (χ1) is 15.2. The van der Waals surface area contributed by atoms with Gasteiger partial charge in [-0.1, -0.05) is 6.92 Å². The minimum atomic E-state index is -0.869. The van der Waals surface area contributed by atoms with Crippen LogP contribution in [0.4, 0.5) is 5.69 Å². The smallest absolute Gasteiger partial charge is 0.340 e. The summed E-state index contributed by atoms with van der Waals surface area (Å²) in [6.45, 7) is 1.28. The molecular weight excluding hydrogens is 418 g/mol. The van der Waals surface area contributed by atoms with Gasteiger partial charge in [-0.25, -0.2) is 4.79 Å². The summed E-state index contributed by atoms with van der Waals surface area (Å²) in [4.78, 5) is 49.3. The lowest BCUT2D eigenvalue weighted by Crippen LogP contribution is -2.35. The van der Waals surface area contributed by atoms with Crippen molar-refractivity contribution in [3.05, 3.63) is 41.7 Å². The standard InChI is InChI=1S/C22H25N3O7/c1-12-8-13(12)20(27)23-15-10-18(31-4)17(30-3)9-14(15)22(29)32-11-19(26)24-21(28)16-6-5-7-25(16)2/h5-7,9-10,12-13H,8,11H2,1-4H3,(H,23,27)(H,24,26,28). The molecule has 1 aliphatic rings. The van der Waals surface area contributed by atoms with Crippen LogP contribution in [-0.4, -0.2) is 49.1 Å². The van der Waals surface area contributed by atoms with E-state index in [-0.39, 0.29) is 40.4 Å². The van der Waals surface area contributed by atoms with Gasteiger partial charge in [0.05, 0.1) is 25.5 Å². The molecule has 1 heterocycles. The van der Waals surface area contributed by atoms with Gasteiger partial charge in [0.25, 0.3) is 11.8 Å². The van der Waals surface area contributed by atoms with Crippen LogP contribution in [0.2, 0.25) is 0 Å². The fourth-order valence-electron chi connectivity index (χ4n) is 3.20. The number of nitrogens with one attached hydrogen (secondary N) is 2. The van der Waals surface area contributed by atoms with E-state index in [1.807, 2.05) is 6.92 Å². The molecule has 1 aromatic carbocycles. The fraction of sp³-hybridized carbons (Fsp3) is 0.364. The van der Waals surface area contributed by atoms with Gasteiger partial charge in [0.2, 0.25) is 5.91 Å². The van der Waals surface area contributed by atoms with E-state index in [0.29, 0.717) is 5.75 Å². The van der Waals surface area contributed by atoms with Gasteiger partial charge in [0, 0.05) is 31.3 Å². The molecule has 0 bridgehead atoms. The van der Waals surface area contributed by atoms with E-state index in [2.05, 4.69) is 10.6 Å². The lowest BCUT2D eigenvalue weighted by atomic mass is 10.1. The molecule has 0 saturated heterocycles. The van der Waals surface area contributed by atoms with Crippen molar-refractivity contribution in [1.29, 1.82) is 0 Å². The summed E-state index contributed by atoms with van der Waals surface area (Å²) in [5, 5.41) is 4.88. The molecular formula is C22H25N3O7. The van der Waals surface area contributed by atoms with Crippen molar-refractivity contribution in [2.45, 2.75) is 13.3 Å². The molecule has 1 saturated carbocycles. The highest BCUT2D eigenvalue weighted by molar-refractivity contribution is 6.06. The molecule has 1 aromatic heterocycles. The molecule has 32 heavy (non-hydrogen) atoms. The third kappa shape index (κ3) is 5.08. The number of imide groups is 1. The first-order valence-electron chi connectivity index (χ1n) is 9.94. The maximum atomic E-state index is 12.7. The second kappa shape index (κ2) is 9.54. The Labute approximate surface area is 184 Å². The summed E-state index contributed by atoms with van der Waals surface area (Å²) in [7, 11) is 4.49. The lowest BCUT2D eigenvalue weighted by molar-refractivity contribution is -0.123. The van der Waals surface area contributed by atoms with E-state index in [4.69, 9.17) is 14.2 Å². The highest BCUT2D eigenvalue weighted by Gasteiger charge is 2.39. The summed E-state index contributed by atoms with van der Waals surface area (Å²) in [5.41, 5.74) is 0.451. The number of esters is 1. The highest BCUT2D eigenvalue weighted by Crippen LogP contribution is 2.40. The van der Waals surface area contributed by atoms with Crippen LogP contribution in [0, 0.1) is 11.8 Å². The van der Waals surface area contributed by atoms with E-state index in [1.165, 1.54) is 26.4 Å². The normalized spacial score (nSPS) is 16.6. The quantitative estimate of drug-likeness (QED) is 0.596. The van der Waals surface area contributed by atoms with Gasteiger partial charge in [-0.05, 0) is 24.5 Å². The summed E-state index contributed by atoms with van der Waals surface area (Å²) in [5.74, 6) is -1.78. The van der Waals surface area contributed by atoms with Crippen molar-refractivity contribution in [1.82, 2.24) is 9.88 Å². The number of nitrogens with zero attached hydrogens (tertiary/aromatic N) is 1. The number of benzene rings is 1. The molecule has 2 aromatic rings. The predicted octanol–water partition coefficient (Wildman–Crippen LogP) is 1.75. The second-order valence-corrected chi connectivity index (χ2v) is 7.52. The molecule has 2 atom stereocenters. The highest BCUT2D eigenvalue weighted by atomic mass is 16.5. The van der Waals surface area contributed by atoms with Gasteiger partial charge in [0.1, 0.15) is 5.69 Å². The van der Waals surface area contributed by atoms with Gasteiger partial charge < -0.3 is 24.1 Å². The van der Waals surface area contributed by atoms with Crippen molar-refractivity contribution in [3.8, 4) is 11.5 Å². The summed E-state index contributed by atoms with van der Waals surface area (Å²) in [6.07, 6.45) is 2.43. The van der Waals surface area contributed by atoms with Gasteiger partial charge >= 0.3 is 5.97 Å². The summed E-state index contributed by atoms with van der Waals surface area (Å²) >= 11 is 0. The topological polar surface area (TPSA) is 125 Å². The molecule has 0 spiro atoms.